The van der Waals surface area contributed by atoms with E-state index in [2.05, 4.69) is 48.3 Å². The van der Waals surface area contributed by atoms with Crippen LogP contribution in [0.4, 0.5) is 28.8 Å². The Balaban J connectivity index is 0.869. The van der Waals surface area contributed by atoms with Gasteiger partial charge in [0.2, 0.25) is 17.8 Å². The van der Waals surface area contributed by atoms with Crippen LogP contribution < -0.4 is 36.2 Å². The lowest BCUT2D eigenvalue weighted by Crippen LogP contribution is -2.52. The number of para-hydroxylation sites is 1. The number of piperidine rings is 2. The van der Waals surface area contributed by atoms with Gasteiger partial charge in [0.25, 0.3) is 5.91 Å². The first-order chi connectivity index (χ1) is 28.1. The molecule has 4 N–H and O–H groups in total. The van der Waals surface area contributed by atoms with E-state index in [0.717, 1.165) is 60.8 Å². The van der Waals surface area contributed by atoms with E-state index < -0.39 is 19.5 Å². The molecule has 306 valence electrons. The number of benzene rings is 3. The van der Waals surface area contributed by atoms with Crippen LogP contribution >= 0.6 is 31.0 Å². The van der Waals surface area contributed by atoms with Crippen molar-refractivity contribution in [3.05, 3.63) is 83.0 Å². The molecule has 4 heterocycles. The largest absolute Gasteiger partial charge is 0.494 e. The van der Waals surface area contributed by atoms with Crippen molar-refractivity contribution in [1.82, 2.24) is 25.5 Å². The molecule has 4 aromatic rings. The van der Waals surface area contributed by atoms with Gasteiger partial charge in [0.05, 0.1) is 30.0 Å². The Morgan fingerprint density at radius 2 is 1.76 bits per heavy atom. The van der Waals surface area contributed by atoms with Crippen molar-refractivity contribution in [3.8, 4) is 5.75 Å². The number of carbonyl (C=O) groups is 3. The topological polar surface area (TPSA) is 176 Å². The summed E-state index contributed by atoms with van der Waals surface area (Å²) in [7, 11) is 0.723. The van der Waals surface area contributed by atoms with E-state index in [1.807, 2.05) is 24.3 Å². The Morgan fingerprint density at radius 3 is 2.52 bits per heavy atom. The van der Waals surface area contributed by atoms with Gasteiger partial charge in [0.15, 0.2) is 5.82 Å². The molecule has 1 aromatic heterocycles. The predicted octanol–water partition coefficient (Wildman–Crippen LogP) is 6.24. The highest BCUT2D eigenvalue weighted by atomic mass is 35.5. The van der Waals surface area contributed by atoms with Crippen LogP contribution in [0.5, 0.6) is 5.75 Å². The molecule has 2 saturated heterocycles. The number of hydrogen-bond acceptors (Lipinski definition) is 14. The van der Waals surface area contributed by atoms with Crippen LogP contribution in [0.2, 0.25) is 5.02 Å². The van der Waals surface area contributed by atoms with Crippen molar-refractivity contribution < 1.29 is 32.7 Å². The first-order valence-electron chi connectivity index (χ1n) is 19.0. The molecular weight excluding hydrogens is 803 g/mol. The fourth-order valence-corrected chi connectivity index (χ4v) is 9.67. The number of hydrogen-bond donors (Lipinski definition) is 4. The Morgan fingerprint density at radius 1 is 0.966 bits per heavy atom. The van der Waals surface area contributed by atoms with Crippen LogP contribution in [0.15, 0.2) is 71.8 Å². The van der Waals surface area contributed by atoms with Crippen LogP contribution in [-0.2, 0) is 29.7 Å². The van der Waals surface area contributed by atoms with Gasteiger partial charge >= 0.3 is 7.60 Å². The van der Waals surface area contributed by atoms with Crippen molar-refractivity contribution in [2.75, 3.05) is 62.3 Å². The van der Waals surface area contributed by atoms with Crippen molar-refractivity contribution in [2.45, 2.75) is 55.6 Å². The van der Waals surface area contributed by atoms with E-state index in [1.165, 1.54) is 20.4 Å². The third kappa shape index (κ3) is 9.27. The molecule has 0 radical (unpaired) electrons. The van der Waals surface area contributed by atoms with Crippen LogP contribution in [0, 0.1) is 0 Å². The third-order valence-electron chi connectivity index (χ3n) is 10.5. The Bertz CT molecular complexity index is 2220. The SMILES string of the molecule is COc1cc(N2CCC(NCCCSc3ccc4c(c3)CN(C3CCC(=O)NC3=O)C4=O)CC2)ccc1Nc1ncc(Cl)c(Nc2ccccc2P(=O)(OC)OC)n1. The van der Waals surface area contributed by atoms with E-state index in [1.54, 1.807) is 48.0 Å². The minimum atomic E-state index is -3.56. The summed E-state index contributed by atoms with van der Waals surface area (Å²) in [5, 5.41) is 13.1. The zero-order valence-corrected chi connectivity index (χ0v) is 34.9. The molecule has 58 heavy (non-hydrogen) atoms. The summed E-state index contributed by atoms with van der Waals surface area (Å²) in [5.41, 5.74) is 3.77. The number of ether oxygens (including phenoxy) is 1. The zero-order valence-electron chi connectivity index (χ0n) is 32.5. The minimum Gasteiger partial charge on any atom is -0.494 e. The van der Waals surface area contributed by atoms with Gasteiger partial charge in [-0.25, -0.2) is 4.98 Å². The second kappa shape index (κ2) is 18.5. The van der Waals surface area contributed by atoms with Gasteiger partial charge in [-0.2, -0.15) is 4.98 Å². The highest BCUT2D eigenvalue weighted by molar-refractivity contribution is 7.99. The smallest absolute Gasteiger partial charge is 0.362 e. The van der Waals surface area contributed by atoms with E-state index in [-0.39, 0.29) is 29.2 Å². The summed E-state index contributed by atoms with van der Waals surface area (Å²) >= 11 is 8.23. The summed E-state index contributed by atoms with van der Waals surface area (Å²) in [6, 6.07) is 18.6. The van der Waals surface area contributed by atoms with Gasteiger partial charge in [-0.1, -0.05) is 23.7 Å². The molecule has 1 atom stereocenters. The molecule has 3 aliphatic rings. The number of carbonyl (C=O) groups excluding carboxylic acids is 3. The van der Waals surface area contributed by atoms with E-state index in [4.69, 9.17) is 25.4 Å². The number of anilines is 5. The maximum Gasteiger partial charge on any atom is 0.362 e. The molecule has 3 aliphatic heterocycles. The van der Waals surface area contributed by atoms with Gasteiger partial charge < -0.3 is 39.5 Å². The Hall–Kier alpha value is -4.70. The molecule has 0 aliphatic carbocycles. The molecule has 7 rings (SSSR count). The summed E-state index contributed by atoms with van der Waals surface area (Å²) in [4.78, 5) is 50.9. The summed E-state index contributed by atoms with van der Waals surface area (Å²) < 4.78 is 29.4. The average Bonchev–Trinajstić information content (AvgIpc) is 3.56. The molecule has 0 saturated carbocycles. The lowest BCUT2D eigenvalue weighted by molar-refractivity contribution is -0.136. The number of imide groups is 1. The molecular formula is C40H46ClN8O7PS. The number of nitrogens with one attached hydrogen (secondary N) is 4. The van der Waals surface area contributed by atoms with Crippen molar-refractivity contribution in [3.63, 3.8) is 0 Å². The second-order valence-electron chi connectivity index (χ2n) is 14.0. The standard InChI is InChI=1S/C40H46ClN8O7PS/c1-54-34-22-27(9-12-31(34)45-40-43-23-30(41)37(47-40)44-32-7-4-5-8-35(32)57(53,55-2)56-3)48-18-15-26(16-19-48)42-17-6-20-58-28-10-11-29-25(21-28)24-49(39(29)52)33-13-14-36(50)46-38(33)51/h4-5,7-12,21-23,26,33,42H,6,13-20,24H2,1-3H3,(H,46,50,51)(H2,43,44,45,47). The Kier molecular flexibility index (Phi) is 13.2. The molecule has 18 heteroatoms. The van der Waals surface area contributed by atoms with Gasteiger partial charge in [-0.15, -0.1) is 11.8 Å². The summed E-state index contributed by atoms with van der Waals surface area (Å²) in [5.74, 6) is 1.33. The highest BCUT2D eigenvalue weighted by Gasteiger charge is 2.39. The number of methoxy groups -OCH3 is 1. The molecule has 15 nitrogen and oxygen atoms in total. The molecule has 0 spiro atoms. The third-order valence-corrected chi connectivity index (χ3v) is 13.8. The normalized spacial score (nSPS) is 17.3. The molecule has 0 bridgehead atoms. The molecule has 3 amide bonds. The fraction of sp³-hybridized carbons (Fsp3) is 0.375. The number of fused-ring (bicyclic) bond motifs is 1. The highest BCUT2D eigenvalue weighted by Crippen LogP contribution is 2.47. The quantitative estimate of drug-likeness (QED) is 0.0432. The second-order valence-corrected chi connectivity index (χ2v) is 17.8. The first kappa shape index (κ1) is 41.5. The Labute approximate surface area is 346 Å². The van der Waals surface area contributed by atoms with Crippen LogP contribution in [0.25, 0.3) is 0 Å². The first-order valence-corrected chi connectivity index (χ1v) is 21.9. The lowest BCUT2D eigenvalue weighted by atomic mass is 10.0. The van der Waals surface area contributed by atoms with E-state index >= 15 is 0 Å². The number of amides is 3. The van der Waals surface area contributed by atoms with Crippen molar-refractivity contribution in [2.24, 2.45) is 0 Å². The van der Waals surface area contributed by atoms with Crippen LogP contribution in [0.1, 0.15) is 48.0 Å². The monoisotopic (exact) mass is 848 g/mol. The number of halogens is 1. The fourth-order valence-electron chi connectivity index (χ4n) is 7.38. The maximum absolute atomic E-state index is 13.2. The lowest BCUT2D eigenvalue weighted by Gasteiger charge is -2.34. The summed E-state index contributed by atoms with van der Waals surface area (Å²) in [6.07, 6.45) is 5.11. The van der Waals surface area contributed by atoms with Gasteiger partial charge in [0, 0.05) is 68.5 Å². The maximum atomic E-state index is 13.2. The molecule has 1 unspecified atom stereocenters. The minimum absolute atomic E-state index is 0.150. The van der Waals surface area contributed by atoms with Gasteiger partial charge in [-0.3, -0.25) is 24.3 Å². The molecule has 2 fully saturated rings. The van der Waals surface area contributed by atoms with Gasteiger partial charge in [0.1, 0.15) is 16.8 Å². The average molecular weight is 849 g/mol. The summed E-state index contributed by atoms with van der Waals surface area (Å²) in [6.45, 7) is 3.11. The van der Waals surface area contributed by atoms with Crippen LogP contribution in [-0.4, -0.2) is 91.4 Å². The van der Waals surface area contributed by atoms with Gasteiger partial charge in [-0.05, 0) is 86.0 Å². The van der Waals surface area contributed by atoms with Crippen molar-refractivity contribution >= 4 is 82.8 Å². The molecule has 3 aromatic carbocycles. The number of aromatic nitrogens is 2. The van der Waals surface area contributed by atoms with Crippen LogP contribution in [0.3, 0.4) is 0 Å². The number of thioether (sulfide) groups is 1. The van der Waals surface area contributed by atoms with Crippen molar-refractivity contribution in [1.29, 1.82) is 0 Å². The zero-order chi connectivity index (χ0) is 40.8. The van der Waals surface area contributed by atoms with E-state index in [0.29, 0.717) is 52.8 Å². The predicted molar refractivity (Wildman–Crippen MR) is 225 cm³/mol. The van der Waals surface area contributed by atoms with E-state index in [9.17, 15) is 18.9 Å². The number of rotatable bonds is 16. The number of nitrogens with zero attached hydrogens (tertiary/aromatic N) is 4.